The van der Waals surface area contributed by atoms with E-state index in [9.17, 15) is 4.79 Å². The Labute approximate surface area is 144 Å². The molecule has 1 unspecified atom stereocenters. The number of rotatable bonds is 3. The number of halogens is 2. The minimum atomic E-state index is -0.126. The summed E-state index contributed by atoms with van der Waals surface area (Å²) in [4.78, 5) is 23.1. The molecule has 2 aromatic rings. The first-order valence-electron chi connectivity index (χ1n) is 7.41. The second-order valence-corrected chi connectivity index (χ2v) is 6.29. The van der Waals surface area contributed by atoms with Crippen molar-refractivity contribution in [2.45, 2.75) is 12.8 Å². The second-order valence-electron chi connectivity index (χ2n) is 5.45. The molecule has 7 heteroatoms. The van der Waals surface area contributed by atoms with Gasteiger partial charge in [-0.25, -0.2) is 9.97 Å². The molecular formula is C16H16Cl2N4O. The van der Waals surface area contributed by atoms with Crippen LogP contribution in [0.1, 0.15) is 12.8 Å². The molecule has 2 heterocycles. The maximum Gasteiger partial charge on any atom is 0.229 e. The summed E-state index contributed by atoms with van der Waals surface area (Å²) in [5.41, 5.74) is 0.578. The zero-order valence-electron chi connectivity index (χ0n) is 12.4. The Morgan fingerprint density at radius 3 is 2.78 bits per heavy atom. The average molecular weight is 351 g/mol. The van der Waals surface area contributed by atoms with Crippen molar-refractivity contribution in [2.24, 2.45) is 5.92 Å². The molecule has 1 N–H and O–H groups in total. The number of aromatic nitrogens is 2. The summed E-state index contributed by atoms with van der Waals surface area (Å²) in [6.45, 7) is 1.45. The highest BCUT2D eigenvalue weighted by Crippen LogP contribution is 2.27. The fourth-order valence-corrected chi connectivity index (χ4v) is 3.11. The Morgan fingerprint density at radius 2 is 2.04 bits per heavy atom. The normalized spacial score (nSPS) is 17.8. The fraction of sp³-hybridized carbons (Fsp3) is 0.312. The van der Waals surface area contributed by atoms with Gasteiger partial charge in [-0.15, -0.1) is 0 Å². The van der Waals surface area contributed by atoms with E-state index in [0.717, 1.165) is 19.4 Å². The second kappa shape index (κ2) is 7.15. The van der Waals surface area contributed by atoms with Gasteiger partial charge in [0.1, 0.15) is 0 Å². The third kappa shape index (κ3) is 3.92. The Morgan fingerprint density at radius 1 is 1.26 bits per heavy atom. The number of benzene rings is 1. The van der Waals surface area contributed by atoms with Gasteiger partial charge in [0.05, 0.1) is 16.6 Å². The first-order valence-corrected chi connectivity index (χ1v) is 8.17. The van der Waals surface area contributed by atoms with Gasteiger partial charge in [-0.3, -0.25) is 4.79 Å². The van der Waals surface area contributed by atoms with E-state index in [1.54, 1.807) is 36.7 Å². The van der Waals surface area contributed by atoms with Gasteiger partial charge in [0, 0.05) is 30.5 Å². The lowest BCUT2D eigenvalue weighted by Gasteiger charge is -2.31. The Kier molecular flexibility index (Phi) is 4.98. The van der Waals surface area contributed by atoms with E-state index in [1.807, 2.05) is 4.90 Å². The predicted octanol–water partition coefficient (Wildman–Crippen LogP) is 3.64. The van der Waals surface area contributed by atoms with E-state index >= 15 is 0 Å². The molecule has 0 radical (unpaired) electrons. The molecule has 23 heavy (non-hydrogen) atoms. The van der Waals surface area contributed by atoms with Crippen molar-refractivity contribution in [1.82, 2.24) is 9.97 Å². The topological polar surface area (TPSA) is 58.1 Å². The van der Waals surface area contributed by atoms with E-state index in [4.69, 9.17) is 23.2 Å². The average Bonchev–Trinajstić information content (AvgIpc) is 2.58. The molecule has 3 rings (SSSR count). The van der Waals surface area contributed by atoms with Gasteiger partial charge < -0.3 is 10.2 Å². The number of nitrogens with zero attached hydrogens (tertiary/aromatic N) is 3. The lowest BCUT2D eigenvalue weighted by molar-refractivity contribution is -0.120. The highest BCUT2D eigenvalue weighted by molar-refractivity contribution is 6.36. The van der Waals surface area contributed by atoms with E-state index < -0.39 is 0 Å². The molecule has 5 nitrogen and oxygen atoms in total. The fourth-order valence-electron chi connectivity index (χ4n) is 2.65. The van der Waals surface area contributed by atoms with Crippen molar-refractivity contribution in [3.8, 4) is 0 Å². The molecule has 1 aromatic carbocycles. The smallest absolute Gasteiger partial charge is 0.229 e. The molecule has 1 fully saturated rings. The molecule has 0 aliphatic carbocycles. The highest BCUT2D eigenvalue weighted by Gasteiger charge is 2.27. The van der Waals surface area contributed by atoms with Gasteiger partial charge in [-0.1, -0.05) is 23.2 Å². The summed E-state index contributed by atoms with van der Waals surface area (Å²) in [7, 11) is 0. The Balaban J connectivity index is 1.67. The van der Waals surface area contributed by atoms with Gasteiger partial charge in [0.15, 0.2) is 0 Å². The van der Waals surface area contributed by atoms with Crippen molar-refractivity contribution in [3.63, 3.8) is 0 Å². The molecule has 0 spiro atoms. The van der Waals surface area contributed by atoms with Crippen LogP contribution in [0.2, 0.25) is 10.0 Å². The molecule has 1 aliphatic rings. The van der Waals surface area contributed by atoms with Crippen LogP contribution in [-0.4, -0.2) is 29.0 Å². The van der Waals surface area contributed by atoms with E-state index in [1.165, 1.54) is 0 Å². The maximum absolute atomic E-state index is 12.5. The van der Waals surface area contributed by atoms with Gasteiger partial charge >= 0.3 is 0 Å². The summed E-state index contributed by atoms with van der Waals surface area (Å²) < 4.78 is 0. The largest absolute Gasteiger partial charge is 0.340 e. The van der Waals surface area contributed by atoms with Crippen LogP contribution >= 0.6 is 23.2 Å². The van der Waals surface area contributed by atoms with Crippen LogP contribution < -0.4 is 10.2 Å². The summed E-state index contributed by atoms with van der Waals surface area (Å²) in [6, 6.07) is 6.81. The molecule has 1 amide bonds. The summed E-state index contributed by atoms with van der Waals surface area (Å²) in [5, 5.41) is 3.86. The number of piperidine rings is 1. The minimum Gasteiger partial charge on any atom is -0.340 e. The number of carbonyl (C=O) groups excluding carboxylic acids is 1. The van der Waals surface area contributed by atoms with Crippen molar-refractivity contribution >= 4 is 40.7 Å². The first kappa shape index (κ1) is 16.0. The van der Waals surface area contributed by atoms with Crippen LogP contribution in [0.5, 0.6) is 0 Å². The quantitative estimate of drug-likeness (QED) is 0.917. The van der Waals surface area contributed by atoms with Gasteiger partial charge in [0.2, 0.25) is 11.9 Å². The lowest BCUT2D eigenvalue weighted by Crippen LogP contribution is -2.41. The monoisotopic (exact) mass is 350 g/mol. The zero-order valence-corrected chi connectivity index (χ0v) is 13.9. The van der Waals surface area contributed by atoms with Crippen LogP contribution in [0.25, 0.3) is 0 Å². The summed E-state index contributed by atoms with van der Waals surface area (Å²) in [5.74, 6) is 0.490. The summed E-state index contributed by atoms with van der Waals surface area (Å²) >= 11 is 12.0. The number of carbonyl (C=O) groups is 1. The third-order valence-corrected chi connectivity index (χ3v) is 4.36. The molecular weight excluding hydrogens is 335 g/mol. The van der Waals surface area contributed by atoms with Gasteiger partial charge in [-0.05, 0) is 37.1 Å². The van der Waals surface area contributed by atoms with Crippen LogP contribution in [0.4, 0.5) is 11.6 Å². The Bertz CT molecular complexity index is 696. The van der Waals surface area contributed by atoms with Crippen LogP contribution in [0, 0.1) is 5.92 Å². The number of anilines is 2. The van der Waals surface area contributed by atoms with Crippen molar-refractivity contribution in [3.05, 3.63) is 46.7 Å². The number of hydrogen-bond donors (Lipinski definition) is 1. The van der Waals surface area contributed by atoms with Crippen molar-refractivity contribution < 1.29 is 4.79 Å². The van der Waals surface area contributed by atoms with E-state index in [0.29, 0.717) is 28.2 Å². The maximum atomic E-state index is 12.5. The van der Waals surface area contributed by atoms with Crippen LogP contribution in [-0.2, 0) is 4.79 Å². The van der Waals surface area contributed by atoms with E-state index in [2.05, 4.69) is 15.3 Å². The minimum absolute atomic E-state index is 0.0464. The van der Waals surface area contributed by atoms with Crippen LogP contribution in [0.3, 0.4) is 0 Å². The molecule has 1 aliphatic heterocycles. The molecule has 120 valence electrons. The first-order chi connectivity index (χ1) is 11.1. The lowest BCUT2D eigenvalue weighted by atomic mass is 9.97. The zero-order chi connectivity index (χ0) is 16.2. The number of hydrogen-bond acceptors (Lipinski definition) is 4. The van der Waals surface area contributed by atoms with Crippen molar-refractivity contribution in [1.29, 1.82) is 0 Å². The SMILES string of the molecule is O=C(Nc1ccc(Cl)cc1Cl)C1CCCN(c2ncccn2)C1. The molecule has 1 aromatic heterocycles. The molecule has 1 saturated heterocycles. The van der Waals surface area contributed by atoms with Gasteiger partial charge in [-0.2, -0.15) is 0 Å². The van der Waals surface area contributed by atoms with Crippen molar-refractivity contribution in [2.75, 3.05) is 23.3 Å². The number of amides is 1. The standard InChI is InChI=1S/C16H16Cl2N4O/c17-12-4-5-14(13(18)9-12)21-15(23)11-3-1-8-22(10-11)16-19-6-2-7-20-16/h2,4-7,9,11H,1,3,8,10H2,(H,21,23). The predicted molar refractivity (Wildman–Crippen MR) is 92.1 cm³/mol. The number of nitrogens with one attached hydrogen (secondary N) is 1. The molecule has 0 bridgehead atoms. The van der Waals surface area contributed by atoms with E-state index in [-0.39, 0.29) is 11.8 Å². The third-order valence-electron chi connectivity index (χ3n) is 3.82. The summed E-state index contributed by atoms with van der Waals surface area (Å²) in [6.07, 6.45) is 5.17. The van der Waals surface area contributed by atoms with Crippen LogP contribution in [0.15, 0.2) is 36.7 Å². The Hall–Kier alpha value is -1.85. The highest BCUT2D eigenvalue weighted by atomic mass is 35.5. The molecule has 1 atom stereocenters. The van der Waals surface area contributed by atoms with Gasteiger partial charge in [0.25, 0.3) is 0 Å². The molecule has 0 saturated carbocycles.